The molecule has 1 amide bonds. The summed E-state index contributed by atoms with van der Waals surface area (Å²) in [6, 6.07) is 30.6. The fourth-order valence-corrected chi connectivity index (χ4v) is 4.93. The first-order valence-electron chi connectivity index (χ1n) is 12.6. The number of fused-ring (bicyclic) bond motifs is 1. The van der Waals surface area contributed by atoms with E-state index in [1.54, 1.807) is 24.4 Å². The first-order valence-corrected chi connectivity index (χ1v) is 12.6. The van der Waals surface area contributed by atoms with Crippen LogP contribution in [0.15, 0.2) is 109 Å². The highest BCUT2D eigenvalue weighted by Crippen LogP contribution is 2.38. The molecule has 38 heavy (non-hydrogen) atoms. The smallest absolute Gasteiger partial charge is 0.273 e. The number of pyridine rings is 1. The van der Waals surface area contributed by atoms with Crippen molar-refractivity contribution in [2.45, 2.75) is 25.3 Å². The Morgan fingerprint density at radius 2 is 1.63 bits per heavy atom. The Bertz CT molecular complexity index is 1550. The maximum Gasteiger partial charge on any atom is 0.273 e. The molecule has 0 radical (unpaired) electrons. The predicted molar refractivity (Wildman–Crippen MR) is 148 cm³/mol. The minimum absolute atomic E-state index is 0.0127. The summed E-state index contributed by atoms with van der Waals surface area (Å²) >= 11 is 0. The zero-order chi connectivity index (χ0) is 26.3. The molecule has 7 nitrogen and oxygen atoms in total. The van der Waals surface area contributed by atoms with Gasteiger partial charge in [0.25, 0.3) is 5.69 Å². The molecule has 1 atom stereocenters. The van der Waals surface area contributed by atoms with Gasteiger partial charge in [0.2, 0.25) is 5.91 Å². The Morgan fingerprint density at radius 3 is 2.42 bits per heavy atom. The number of para-hydroxylation sites is 2. The summed E-state index contributed by atoms with van der Waals surface area (Å²) < 4.78 is 2.15. The quantitative estimate of drug-likeness (QED) is 0.190. The van der Waals surface area contributed by atoms with Gasteiger partial charge < -0.3 is 9.88 Å². The highest BCUT2D eigenvalue weighted by molar-refractivity contribution is 5.87. The van der Waals surface area contributed by atoms with E-state index in [1.165, 1.54) is 6.07 Å². The van der Waals surface area contributed by atoms with Gasteiger partial charge in [-0.05, 0) is 29.3 Å². The zero-order valence-corrected chi connectivity index (χ0v) is 20.9. The van der Waals surface area contributed by atoms with Gasteiger partial charge in [-0.15, -0.1) is 0 Å². The van der Waals surface area contributed by atoms with Crippen molar-refractivity contribution in [1.82, 2.24) is 14.9 Å². The van der Waals surface area contributed by atoms with Gasteiger partial charge in [0.15, 0.2) is 0 Å². The van der Waals surface area contributed by atoms with Crippen molar-refractivity contribution in [3.63, 3.8) is 0 Å². The number of carbonyl (C=O) groups is 1. The number of nitrogens with zero attached hydrogens (tertiary/aromatic N) is 3. The van der Waals surface area contributed by atoms with Crippen molar-refractivity contribution < 1.29 is 9.72 Å². The first kappa shape index (κ1) is 24.9. The highest BCUT2D eigenvalue weighted by atomic mass is 16.6. The molecule has 0 saturated heterocycles. The van der Waals surface area contributed by atoms with Crippen LogP contribution in [0.4, 0.5) is 5.69 Å². The number of nitro groups is 1. The van der Waals surface area contributed by atoms with Crippen molar-refractivity contribution in [3.8, 4) is 0 Å². The van der Waals surface area contributed by atoms with E-state index in [0.29, 0.717) is 25.1 Å². The van der Waals surface area contributed by atoms with E-state index in [0.717, 1.165) is 27.7 Å². The van der Waals surface area contributed by atoms with Gasteiger partial charge >= 0.3 is 0 Å². The van der Waals surface area contributed by atoms with Crippen LogP contribution in [-0.2, 0) is 17.8 Å². The van der Waals surface area contributed by atoms with Crippen LogP contribution in [0, 0.1) is 10.1 Å². The van der Waals surface area contributed by atoms with Gasteiger partial charge in [-0.25, -0.2) is 0 Å². The number of nitrogens with one attached hydrogen (secondary N) is 1. The van der Waals surface area contributed by atoms with Crippen molar-refractivity contribution in [3.05, 3.63) is 142 Å². The summed E-state index contributed by atoms with van der Waals surface area (Å²) in [5.74, 6) is -0.655. The van der Waals surface area contributed by atoms with Crippen LogP contribution >= 0.6 is 0 Å². The summed E-state index contributed by atoms with van der Waals surface area (Å²) in [6.07, 6.45) is 4.47. The lowest BCUT2D eigenvalue weighted by Gasteiger charge is -2.17. The Morgan fingerprint density at radius 1 is 0.895 bits per heavy atom. The van der Waals surface area contributed by atoms with Gasteiger partial charge in [-0.2, -0.15) is 0 Å². The number of aromatic nitrogens is 2. The number of nitro benzene ring substituents is 1. The highest BCUT2D eigenvalue weighted by Gasteiger charge is 2.28. The molecule has 7 heteroatoms. The van der Waals surface area contributed by atoms with Crippen LogP contribution in [0.1, 0.15) is 34.7 Å². The molecule has 5 rings (SSSR count). The molecule has 0 unspecified atom stereocenters. The summed E-state index contributed by atoms with van der Waals surface area (Å²) in [5, 5.41) is 15.9. The molecule has 0 aliphatic heterocycles. The van der Waals surface area contributed by atoms with E-state index in [2.05, 4.69) is 27.0 Å². The third-order valence-corrected chi connectivity index (χ3v) is 6.72. The van der Waals surface area contributed by atoms with E-state index in [1.807, 2.05) is 66.9 Å². The molecule has 1 N–H and O–H groups in total. The molecule has 0 bridgehead atoms. The predicted octanol–water partition coefficient (Wildman–Crippen LogP) is 5.87. The van der Waals surface area contributed by atoms with Gasteiger partial charge in [-0.3, -0.25) is 19.9 Å². The molecule has 190 valence electrons. The maximum absolute atomic E-state index is 13.2. The number of hydrogen-bond acceptors (Lipinski definition) is 4. The minimum Gasteiger partial charge on any atom is -0.356 e. The topological polar surface area (TPSA) is 90.1 Å². The molecule has 3 aromatic carbocycles. The van der Waals surface area contributed by atoms with Crippen molar-refractivity contribution in [1.29, 1.82) is 0 Å². The average Bonchev–Trinajstić information content (AvgIpc) is 3.31. The number of rotatable bonds is 10. The van der Waals surface area contributed by atoms with Crippen molar-refractivity contribution in [2.75, 3.05) is 6.54 Å². The Labute approximate surface area is 220 Å². The molecule has 0 aliphatic carbocycles. The molecular weight excluding hydrogens is 476 g/mol. The first-order chi connectivity index (χ1) is 18.6. The zero-order valence-electron chi connectivity index (χ0n) is 20.9. The second-order valence-corrected chi connectivity index (χ2v) is 9.21. The molecule has 0 fully saturated rings. The second kappa shape index (κ2) is 11.5. The van der Waals surface area contributed by atoms with E-state index >= 15 is 0 Å². The van der Waals surface area contributed by atoms with E-state index in [4.69, 9.17) is 0 Å². The van der Waals surface area contributed by atoms with E-state index < -0.39 is 5.92 Å². The lowest BCUT2D eigenvalue weighted by Crippen LogP contribution is -2.27. The monoisotopic (exact) mass is 504 g/mol. The second-order valence-electron chi connectivity index (χ2n) is 9.21. The normalized spacial score (nSPS) is 11.8. The summed E-state index contributed by atoms with van der Waals surface area (Å²) in [7, 11) is 0. The number of hydrogen-bond donors (Lipinski definition) is 1. The fourth-order valence-electron chi connectivity index (χ4n) is 4.93. The molecule has 2 aromatic heterocycles. The van der Waals surface area contributed by atoms with E-state index in [9.17, 15) is 14.9 Å². The molecule has 2 heterocycles. The maximum atomic E-state index is 13.2. The van der Waals surface area contributed by atoms with Crippen molar-refractivity contribution >= 4 is 22.5 Å². The van der Waals surface area contributed by atoms with Crippen LogP contribution < -0.4 is 5.32 Å². The lowest BCUT2D eigenvalue weighted by atomic mass is 9.87. The standard InChI is InChI=1S/C31H28N4O3/c36-31(33-19-17-24-12-8-9-18-32-24)20-27(25-13-5-7-16-30(25)35(37)38)28-22-34(21-23-10-2-1-3-11-23)29-15-6-4-14-26(28)29/h1-16,18,22,27H,17,19-21H2,(H,33,36)/t27-/m0/s1. The SMILES string of the molecule is O=C(C[C@@H](c1ccccc1[N+](=O)[O-])c1cn(Cc2ccccc2)c2ccccc12)NCCc1ccccn1. The fraction of sp³-hybridized carbons (Fsp3) is 0.161. The molecule has 0 spiro atoms. The molecule has 0 saturated carbocycles. The molecular formula is C31H28N4O3. The summed E-state index contributed by atoms with van der Waals surface area (Å²) in [4.78, 5) is 29.1. The summed E-state index contributed by atoms with van der Waals surface area (Å²) in [6.45, 7) is 1.09. The van der Waals surface area contributed by atoms with Gasteiger partial charge in [-0.1, -0.05) is 72.8 Å². The Balaban J connectivity index is 1.50. The number of benzene rings is 3. The number of carbonyl (C=O) groups excluding carboxylic acids is 1. The van der Waals surface area contributed by atoms with Gasteiger partial charge in [0, 0.05) is 72.5 Å². The summed E-state index contributed by atoms with van der Waals surface area (Å²) in [5.41, 5.74) is 4.50. The van der Waals surface area contributed by atoms with Gasteiger partial charge in [0.1, 0.15) is 0 Å². The van der Waals surface area contributed by atoms with Crippen LogP contribution in [-0.4, -0.2) is 26.9 Å². The van der Waals surface area contributed by atoms with Gasteiger partial charge in [0.05, 0.1) is 4.92 Å². The van der Waals surface area contributed by atoms with Crippen LogP contribution in [0.3, 0.4) is 0 Å². The van der Waals surface area contributed by atoms with Crippen LogP contribution in [0.5, 0.6) is 0 Å². The third-order valence-electron chi connectivity index (χ3n) is 6.72. The lowest BCUT2D eigenvalue weighted by molar-refractivity contribution is -0.385. The Kier molecular flexibility index (Phi) is 7.54. The third kappa shape index (κ3) is 5.62. The molecule has 0 aliphatic rings. The Hall–Kier alpha value is -4.78. The van der Waals surface area contributed by atoms with E-state index in [-0.39, 0.29) is 22.9 Å². The minimum atomic E-state index is -0.492. The number of amides is 1. The van der Waals surface area contributed by atoms with Crippen LogP contribution in [0.25, 0.3) is 10.9 Å². The molecule has 5 aromatic rings. The largest absolute Gasteiger partial charge is 0.356 e. The average molecular weight is 505 g/mol. The van der Waals surface area contributed by atoms with Crippen molar-refractivity contribution in [2.24, 2.45) is 0 Å². The van der Waals surface area contributed by atoms with Crippen LogP contribution in [0.2, 0.25) is 0 Å².